The van der Waals surface area contributed by atoms with Gasteiger partial charge in [-0.05, 0) is 32.1 Å². The predicted octanol–water partition coefficient (Wildman–Crippen LogP) is 2.39. The van der Waals surface area contributed by atoms with E-state index in [1.165, 1.54) is 4.68 Å². The molecule has 0 unspecified atom stereocenters. The van der Waals surface area contributed by atoms with E-state index >= 15 is 0 Å². The monoisotopic (exact) mass is 425 g/mol. The molecule has 3 aliphatic heterocycles. The molecule has 0 radical (unpaired) electrons. The van der Waals surface area contributed by atoms with Crippen LogP contribution in [0.4, 0.5) is 14.6 Å². The van der Waals surface area contributed by atoms with Crippen LogP contribution in [-0.4, -0.2) is 83.9 Å². The number of ether oxygens (including phenoxy) is 1. The zero-order valence-electron chi connectivity index (χ0n) is 17.9. The molecule has 7 nitrogen and oxygen atoms in total. The average molecular weight is 426 g/mol. The fourth-order valence-electron chi connectivity index (χ4n) is 5.09. The lowest BCUT2D eigenvalue weighted by molar-refractivity contribution is -0.137. The van der Waals surface area contributed by atoms with Gasteiger partial charge in [-0.15, -0.1) is 0 Å². The molecule has 168 valence electrons. The molecule has 2 fully saturated rings. The predicted molar refractivity (Wildman–Crippen MR) is 110 cm³/mol. The number of halogens is 2. The van der Waals surface area contributed by atoms with E-state index < -0.39 is 12.5 Å². The van der Waals surface area contributed by atoms with Gasteiger partial charge in [0.25, 0.3) is 6.43 Å². The molecule has 0 aliphatic carbocycles. The van der Waals surface area contributed by atoms with Crippen molar-refractivity contribution in [2.75, 3.05) is 51.3 Å². The van der Waals surface area contributed by atoms with Crippen LogP contribution in [0.1, 0.15) is 37.9 Å². The molecule has 1 aromatic heterocycles. The van der Waals surface area contributed by atoms with Gasteiger partial charge in [0.05, 0.1) is 18.9 Å². The first-order valence-corrected chi connectivity index (χ1v) is 11.1. The number of alkyl halides is 2. The number of hydrogen-bond acceptors (Lipinski definition) is 5. The number of carbonyl (C=O) groups excluding carboxylic acids is 1. The Balaban J connectivity index is 1.31. The summed E-state index contributed by atoms with van der Waals surface area (Å²) in [5.74, 6) is 1.14. The molecule has 0 aromatic carbocycles. The molecule has 3 atom stereocenters. The van der Waals surface area contributed by atoms with E-state index in [1.54, 1.807) is 0 Å². The lowest BCUT2D eigenvalue weighted by Gasteiger charge is -2.41. The first-order chi connectivity index (χ1) is 14.4. The Morgan fingerprint density at radius 2 is 1.97 bits per heavy atom. The Kier molecular flexibility index (Phi) is 6.57. The number of carbonyl (C=O) groups is 1. The van der Waals surface area contributed by atoms with Crippen LogP contribution < -0.4 is 5.32 Å². The maximum absolute atomic E-state index is 13.6. The summed E-state index contributed by atoms with van der Waals surface area (Å²) in [4.78, 5) is 17.2. The van der Waals surface area contributed by atoms with Gasteiger partial charge in [0, 0.05) is 50.7 Å². The largest absolute Gasteiger partial charge is 0.379 e. The maximum Gasteiger partial charge on any atom is 0.260 e. The number of likely N-dealkylation sites (tertiary alicyclic amines) is 1. The molecule has 9 heteroatoms. The highest BCUT2D eigenvalue weighted by Gasteiger charge is 2.38. The van der Waals surface area contributed by atoms with Crippen LogP contribution in [0.2, 0.25) is 0 Å². The molecular weight excluding hydrogens is 392 g/mol. The van der Waals surface area contributed by atoms with Crippen molar-refractivity contribution in [2.24, 2.45) is 11.8 Å². The first kappa shape index (κ1) is 21.5. The number of rotatable bonds is 5. The molecule has 2 saturated heterocycles. The van der Waals surface area contributed by atoms with E-state index in [0.717, 1.165) is 51.4 Å². The molecule has 3 aliphatic rings. The van der Waals surface area contributed by atoms with Gasteiger partial charge >= 0.3 is 0 Å². The smallest absolute Gasteiger partial charge is 0.260 e. The summed E-state index contributed by atoms with van der Waals surface area (Å²) in [6, 6.07) is 0.955. The van der Waals surface area contributed by atoms with Crippen LogP contribution in [0.15, 0.2) is 6.07 Å². The quantitative estimate of drug-likeness (QED) is 0.785. The fraction of sp³-hybridized carbons (Fsp3) is 0.810. The van der Waals surface area contributed by atoms with Gasteiger partial charge in [-0.2, -0.15) is 5.10 Å². The molecule has 1 N–H and O–H groups in total. The summed E-state index contributed by atoms with van der Waals surface area (Å²) in [6.45, 7) is 9.24. The highest BCUT2D eigenvalue weighted by atomic mass is 19.3. The van der Waals surface area contributed by atoms with Gasteiger partial charge in [0.2, 0.25) is 5.91 Å². The minimum atomic E-state index is -2.43. The van der Waals surface area contributed by atoms with E-state index in [2.05, 4.69) is 15.3 Å². The summed E-state index contributed by atoms with van der Waals surface area (Å²) in [5.41, 5.74) is 0.749. The Morgan fingerprint density at radius 3 is 2.63 bits per heavy atom. The third kappa shape index (κ3) is 4.61. The van der Waals surface area contributed by atoms with Crippen LogP contribution in [0.3, 0.4) is 0 Å². The number of hydrogen-bond donors (Lipinski definition) is 1. The van der Waals surface area contributed by atoms with Crippen molar-refractivity contribution in [2.45, 2.75) is 51.6 Å². The van der Waals surface area contributed by atoms with Gasteiger partial charge in [-0.3, -0.25) is 9.69 Å². The summed E-state index contributed by atoms with van der Waals surface area (Å²) >= 11 is 0. The first-order valence-electron chi connectivity index (χ1n) is 11.1. The van der Waals surface area contributed by atoms with Crippen molar-refractivity contribution >= 4 is 11.7 Å². The van der Waals surface area contributed by atoms with Gasteiger partial charge in [0.1, 0.15) is 11.9 Å². The highest BCUT2D eigenvalue weighted by molar-refractivity contribution is 5.78. The highest BCUT2D eigenvalue weighted by Crippen LogP contribution is 2.37. The molecule has 1 amide bonds. The van der Waals surface area contributed by atoms with Crippen molar-refractivity contribution in [3.8, 4) is 0 Å². The van der Waals surface area contributed by atoms with Crippen LogP contribution in [0.25, 0.3) is 0 Å². The Hall–Kier alpha value is -1.74. The van der Waals surface area contributed by atoms with E-state index in [9.17, 15) is 13.6 Å². The number of aromatic nitrogens is 2. The van der Waals surface area contributed by atoms with E-state index in [0.29, 0.717) is 25.3 Å². The lowest BCUT2D eigenvalue weighted by Crippen LogP contribution is -2.48. The number of fused-ring (bicyclic) bond motifs is 1. The van der Waals surface area contributed by atoms with Gasteiger partial charge in [0.15, 0.2) is 0 Å². The van der Waals surface area contributed by atoms with Crippen molar-refractivity contribution in [3.63, 3.8) is 0 Å². The second-order valence-corrected chi connectivity index (χ2v) is 8.98. The van der Waals surface area contributed by atoms with Gasteiger partial charge in [-0.1, -0.05) is 6.92 Å². The van der Waals surface area contributed by atoms with Crippen LogP contribution in [-0.2, 0) is 9.53 Å². The molecule has 0 bridgehead atoms. The number of aryl methyl sites for hydroxylation is 1. The molecule has 4 rings (SSSR count). The summed E-state index contributed by atoms with van der Waals surface area (Å²) in [6.07, 6.45) is -0.374. The Labute approximate surface area is 176 Å². The second kappa shape index (κ2) is 9.18. The summed E-state index contributed by atoms with van der Waals surface area (Å²) < 4.78 is 34.1. The minimum absolute atomic E-state index is 0.00405. The minimum Gasteiger partial charge on any atom is -0.379 e. The normalized spacial score (nSPS) is 27.0. The number of amides is 1. The number of morpholine rings is 1. The van der Waals surface area contributed by atoms with Crippen molar-refractivity contribution in [1.82, 2.24) is 19.6 Å². The van der Waals surface area contributed by atoms with E-state index in [-0.39, 0.29) is 23.8 Å². The summed E-state index contributed by atoms with van der Waals surface area (Å²) in [7, 11) is 0. The third-order valence-corrected chi connectivity index (χ3v) is 6.77. The number of anilines is 1. The zero-order chi connectivity index (χ0) is 21.3. The molecule has 1 aromatic rings. The Bertz CT molecular complexity index is 729. The summed E-state index contributed by atoms with van der Waals surface area (Å²) in [5, 5.41) is 7.68. The van der Waals surface area contributed by atoms with E-state index in [1.807, 2.05) is 24.8 Å². The average Bonchev–Trinajstić information content (AvgIpc) is 3.13. The second-order valence-electron chi connectivity index (χ2n) is 8.98. The topological polar surface area (TPSA) is 62.6 Å². The molecule has 30 heavy (non-hydrogen) atoms. The standard InChI is InChI=1S/C21H33F2N5O2/c1-14(13-26-7-9-30-10-8-26)21(29)27-5-3-16(4-6-27)17-12-18(20(22)23)28-19(24-17)11-15(2)25-28/h11,14,16-18,20,24H,3-10,12-13H2,1-2H3/t14-,17-,18+/m0/s1. The van der Waals surface area contributed by atoms with Crippen LogP contribution in [0.5, 0.6) is 0 Å². The van der Waals surface area contributed by atoms with Gasteiger partial charge in [-0.25, -0.2) is 13.5 Å². The number of nitrogens with one attached hydrogen (secondary N) is 1. The van der Waals surface area contributed by atoms with Crippen molar-refractivity contribution in [3.05, 3.63) is 11.8 Å². The van der Waals surface area contributed by atoms with Gasteiger partial charge < -0.3 is 15.0 Å². The molecular formula is C21H33F2N5O2. The SMILES string of the molecule is Cc1cc2n(n1)[C@@H](C(F)F)C[C@@H](C1CCN(C(=O)[C@@H](C)CN3CCOCC3)CC1)N2. The molecule has 0 spiro atoms. The third-order valence-electron chi connectivity index (χ3n) is 6.77. The van der Waals surface area contributed by atoms with Crippen LogP contribution >= 0.6 is 0 Å². The Morgan fingerprint density at radius 1 is 1.27 bits per heavy atom. The van der Waals surface area contributed by atoms with Crippen molar-refractivity contribution in [1.29, 1.82) is 0 Å². The molecule has 4 heterocycles. The fourth-order valence-corrected chi connectivity index (χ4v) is 5.09. The number of nitrogens with zero attached hydrogens (tertiary/aromatic N) is 4. The van der Waals surface area contributed by atoms with E-state index in [4.69, 9.17) is 4.74 Å². The number of piperidine rings is 1. The zero-order valence-corrected chi connectivity index (χ0v) is 17.9. The maximum atomic E-state index is 13.6. The lowest BCUT2D eigenvalue weighted by atomic mass is 9.84. The van der Waals surface area contributed by atoms with Crippen LogP contribution in [0, 0.1) is 18.8 Å². The molecule has 0 saturated carbocycles. The van der Waals surface area contributed by atoms with Crippen molar-refractivity contribution < 1.29 is 18.3 Å².